The average molecular weight is 353 g/mol. The number of carbonyl (C=O) groups is 1. The third-order valence-corrected chi connectivity index (χ3v) is 5.40. The van der Waals surface area contributed by atoms with E-state index in [1.807, 2.05) is 35.9 Å². The van der Waals surface area contributed by atoms with Crippen LogP contribution < -0.4 is 5.32 Å². The van der Waals surface area contributed by atoms with Crippen LogP contribution in [0.25, 0.3) is 11.0 Å². The summed E-state index contributed by atoms with van der Waals surface area (Å²) in [5.74, 6) is 1.71. The van der Waals surface area contributed by atoms with Crippen LogP contribution in [0.5, 0.6) is 0 Å². The summed E-state index contributed by atoms with van der Waals surface area (Å²) in [6.07, 6.45) is 0.502. The van der Waals surface area contributed by atoms with E-state index >= 15 is 0 Å². The van der Waals surface area contributed by atoms with Gasteiger partial charge in [0.15, 0.2) is 0 Å². The van der Waals surface area contributed by atoms with Crippen LogP contribution in [-0.4, -0.2) is 21.2 Å². The second-order valence-corrected chi connectivity index (χ2v) is 7.37. The van der Waals surface area contributed by atoms with E-state index in [-0.39, 0.29) is 5.91 Å². The molecule has 4 nitrogen and oxygen atoms in total. The van der Waals surface area contributed by atoms with E-state index in [4.69, 9.17) is 0 Å². The molecule has 25 heavy (non-hydrogen) atoms. The summed E-state index contributed by atoms with van der Waals surface area (Å²) in [4.78, 5) is 17.9. The van der Waals surface area contributed by atoms with Gasteiger partial charge in [-0.1, -0.05) is 18.2 Å². The van der Waals surface area contributed by atoms with Crippen molar-refractivity contribution in [1.82, 2.24) is 14.9 Å². The van der Waals surface area contributed by atoms with E-state index in [0.717, 1.165) is 22.6 Å². The van der Waals surface area contributed by atoms with Gasteiger partial charge in [-0.05, 0) is 49.2 Å². The maximum absolute atomic E-state index is 12.1. The highest BCUT2D eigenvalue weighted by Crippen LogP contribution is 2.21. The van der Waals surface area contributed by atoms with Gasteiger partial charge in [0.1, 0.15) is 5.82 Å². The predicted octanol–water partition coefficient (Wildman–Crippen LogP) is 3.99. The Hall–Kier alpha value is -2.27. The first-order valence-corrected chi connectivity index (χ1v) is 9.40. The van der Waals surface area contributed by atoms with E-state index in [1.165, 1.54) is 16.0 Å². The molecule has 1 N–H and O–H groups in total. The van der Waals surface area contributed by atoms with Crippen molar-refractivity contribution < 1.29 is 4.79 Å². The number of hydrogen-bond donors (Lipinski definition) is 1. The monoisotopic (exact) mass is 353 g/mol. The Balaban J connectivity index is 1.49. The molecule has 0 unspecified atom stereocenters. The van der Waals surface area contributed by atoms with E-state index in [0.29, 0.717) is 13.0 Å². The number of thioether (sulfide) groups is 1. The number of aryl methyl sites for hydroxylation is 3. The van der Waals surface area contributed by atoms with Gasteiger partial charge in [-0.25, -0.2) is 4.98 Å². The number of imidazole rings is 1. The van der Waals surface area contributed by atoms with Crippen LogP contribution in [0.15, 0.2) is 47.4 Å². The van der Waals surface area contributed by atoms with Crippen LogP contribution in [0, 0.1) is 13.8 Å². The Kier molecular flexibility index (Phi) is 5.43. The third-order valence-electron chi connectivity index (χ3n) is 4.40. The highest BCUT2D eigenvalue weighted by molar-refractivity contribution is 7.99. The molecule has 0 atom stereocenters. The highest BCUT2D eigenvalue weighted by atomic mass is 32.2. The Morgan fingerprint density at radius 3 is 2.72 bits per heavy atom. The molecule has 0 saturated carbocycles. The van der Waals surface area contributed by atoms with Crippen LogP contribution >= 0.6 is 11.8 Å². The maximum Gasteiger partial charge on any atom is 0.221 e. The Morgan fingerprint density at radius 2 is 1.96 bits per heavy atom. The molecule has 0 aliphatic rings. The summed E-state index contributed by atoms with van der Waals surface area (Å²) in [7, 11) is 1.98. The molecule has 0 bridgehead atoms. The first kappa shape index (κ1) is 17.5. The van der Waals surface area contributed by atoms with Gasteiger partial charge in [0.05, 0.1) is 17.6 Å². The minimum absolute atomic E-state index is 0.0587. The lowest BCUT2D eigenvalue weighted by atomic mass is 10.1. The van der Waals surface area contributed by atoms with Crippen molar-refractivity contribution in [2.24, 2.45) is 7.05 Å². The molecule has 0 aliphatic heterocycles. The molecule has 0 aliphatic carbocycles. The van der Waals surface area contributed by atoms with Gasteiger partial charge in [0.25, 0.3) is 0 Å². The van der Waals surface area contributed by atoms with E-state index in [9.17, 15) is 4.79 Å². The van der Waals surface area contributed by atoms with E-state index in [2.05, 4.69) is 42.3 Å². The smallest absolute Gasteiger partial charge is 0.221 e. The molecule has 3 rings (SSSR count). The van der Waals surface area contributed by atoms with Gasteiger partial charge >= 0.3 is 0 Å². The van der Waals surface area contributed by atoms with E-state index in [1.54, 1.807) is 11.8 Å². The largest absolute Gasteiger partial charge is 0.349 e. The molecule has 0 spiro atoms. The fourth-order valence-corrected chi connectivity index (χ4v) is 3.63. The summed E-state index contributed by atoms with van der Waals surface area (Å²) in [5.41, 5.74) is 4.62. The quantitative estimate of drug-likeness (QED) is 0.682. The SMILES string of the molecule is Cc1ccc(SCCC(=O)NCc2nc3ccccc3n2C)cc1C. The Morgan fingerprint density at radius 1 is 1.16 bits per heavy atom. The standard InChI is InChI=1S/C20H23N3OS/c1-14-8-9-16(12-15(14)2)25-11-10-20(24)21-13-19-22-17-6-4-5-7-18(17)23(19)3/h4-9,12H,10-11,13H2,1-3H3,(H,21,24). The first-order chi connectivity index (χ1) is 12.0. The van der Waals surface area contributed by atoms with Gasteiger partial charge in [-0.3, -0.25) is 4.79 Å². The van der Waals surface area contributed by atoms with Gasteiger partial charge in [-0.15, -0.1) is 11.8 Å². The summed E-state index contributed by atoms with van der Waals surface area (Å²) >= 11 is 1.72. The summed E-state index contributed by atoms with van der Waals surface area (Å²) < 4.78 is 2.03. The van der Waals surface area contributed by atoms with Gasteiger partial charge in [0.2, 0.25) is 5.91 Å². The molecule has 0 saturated heterocycles. The topological polar surface area (TPSA) is 46.9 Å². The first-order valence-electron chi connectivity index (χ1n) is 8.41. The Labute approximate surface area is 152 Å². The number of aromatic nitrogens is 2. The van der Waals surface area contributed by atoms with Crippen LogP contribution in [0.1, 0.15) is 23.4 Å². The number of fused-ring (bicyclic) bond motifs is 1. The summed E-state index contributed by atoms with van der Waals surface area (Å²) in [6, 6.07) is 14.4. The van der Waals surface area contributed by atoms with Crippen molar-refractivity contribution >= 4 is 28.7 Å². The second kappa shape index (κ2) is 7.74. The number of rotatable bonds is 6. The number of benzene rings is 2. The van der Waals surface area contributed by atoms with Crippen LogP contribution in [0.4, 0.5) is 0 Å². The molecular formula is C20H23N3OS. The summed E-state index contributed by atoms with van der Waals surface area (Å²) in [5, 5.41) is 2.97. The lowest BCUT2D eigenvalue weighted by molar-refractivity contribution is -0.120. The van der Waals surface area contributed by atoms with Crippen molar-refractivity contribution in [2.45, 2.75) is 31.7 Å². The lowest BCUT2D eigenvalue weighted by Gasteiger charge is -2.07. The number of para-hydroxylation sites is 2. The molecule has 0 fully saturated rings. The molecule has 3 aromatic rings. The molecule has 2 aromatic carbocycles. The maximum atomic E-state index is 12.1. The average Bonchev–Trinajstić information content (AvgIpc) is 2.93. The fraction of sp³-hybridized carbons (Fsp3) is 0.300. The Bertz CT molecular complexity index is 901. The molecule has 5 heteroatoms. The molecule has 1 aromatic heterocycles. The second-order valence-electron chi connectivity index (χ2n) is 6.20. The zero-order valence-corrected chi connectivity index (χ0v) is 15.7. The summed E-state index contributed by atoms with van der Waals surface area (Å²) in [6.45, 7) is 4.68. The van der Waals surface area contributed by atoms with E-state index < -0.39 is 0 Å². The third kappa shape index (κ3) is 4.23. The molecule has 130 valence electrons. The molecule has 1 amide bonds. The number of nitrogens with one attached hydrogen (secondary N) is 1. The number of nitrogens with zero attached hydrogens (tertiary/aromatic N) is 2. The van der Waals surface area contributed by atoms with Gasteiger partial charge in [-0.2, -0.15) is 0 Å². The number of hydrogen-bond acceptors (Lipinski definition) is 3. The normalized spacial score (nSPS) is 11.0. The minimum atomic E-state index is 0.0587. The molecule has 1 heterocycles. The zero-order chi connectivity index (χ0) is 17.8. The van der Waals surface area contributed by atoms with Gasteiger partial charge in [0, 0.05) is 24.1 Å². The van der Waals surface area contributed by atoms with Crippen molar-refractivity contribution in [3.63, 3.8) is 0 Å². The van der Waals surface area contributed by atoms with Crippen LogP contribution in [-0.2, 0) is 18.4 Å². The molecule has 0 radical (unpaired) electrons. The predicted molar refractivity (Wildman–Crippen MR) is 104 cm³/mol. The van der Waals surface area contributed by atoms with Crippen molar-refractivity contribution in [3.05, 3.63) is 59.4 Å². The zero-order valence-electron chi connectivity index (χ0n) is 14.9. The minimum Gasteiger partial charge on any atom is -0.349 e. The van der Waals surface area contributed by atoms with Crippen molar-refractivity contribution in [3.8, 4) is 0 Å². The van der Waals surface area contributed by atoms with Crippen LogP contribution in [0.3, 0.4) is 0 Å². The highest BCUT2D eigenvalue weighted by Gasteiger charge is 2.09. The van der Waals surface area contributed by atoms with Crippen LogP contribution in [0.2, 0.25) is 0 Å². The van der Waals surface area contributed by atoms with Gasteiger partial charge < -0.3 is 9.88 Å². The number of carbonyl (C=O) groups excluding carboxylic acids is 1. The lowest BCUT2D eigenvalue weighted by Crippen LogP contribution is -2.24. The van der Waals surface area contributed by atoms with Crippen molar-refractivity contribution in [2.75, 3.05) is 5.75 Å². The molecular weight excluding hydrogens is 330 g/mol. The fourth-order valence-electron chi connectivity index (χ4n) is 2.68. The number of amides is 1. The van der Waals surface area contributed by atoms with Crippen molar-refractivity contribution in [1.29, 1.82) is 0 Å².